The van der Waals surface area contributed by atoms with E-state index in [2.05, 4.69) is 46.1 Å². The van der Waals surface area contributed by atoms with Crippen molar-refractivity contribution in [3.63, 3.8) is 0 Å². The Hall–Kier alpha value is -2.57. The highest BCUT2D eigenvalue weighted by Crippen LogP contribution is 2.29. The first-order chi connectivity index (χ1) is 15.5. The van der Waals surface area contributed by atoms with Crippen molar-refractivity contribution in [3.8, 4) is 0 Å². The Morgan fingerprint density at radius 1 is 1.12 bits per heavy atom. The lowest BCUT2D eigenvalue weighted by Crippen LogP contribution is -2.45. The zero-order valence-electron chi connectivity index (χ0n) is 19.4. The summed E-state index contributed by atoms with van der Waals surface area (Å²) in [7, 11) is 4.14. The van der Waals surface area contributed by atoms with Gasteiger partial charge in [0.05, 0.1) is 5.69 Å². The molecule has 1 aliphatic rings. The average molecular weight is 436 g/mol. The molecule has 1 aromatic carbocycles. The lowest BCUT2D eigenvalue weighted by molar-refractivity contribution is 0.0948. The van der Waals surface area contributed by atoms with Crippen molar-refractivity contribution in [1.29, 1.82) is 0 Å². The Morgan fingerprint density at radius 3 is 2.56 bits per heavy atom. The molecule has 6 heteroatoms. The van der Waals surface area contributed by atoms with Crippen molar-refractivity contribution in [2.75, 3.05) is 20.1 Å². The van der Waals surface area contributed by atoms with Crippen LogP contribution in [-0.4, -0.2) is 50.7 Å². The van der Waals surface area contributed by atoms with Gasteiger partial charge in [-0.2, -0.15) is 5.10 Å². The van der Waals surface area contributed by atoms with Crippen LogP contribution in [0.25, 0.3) is 0 Å². The standard InChI is InChI=1S/C26H34FN5/c1-20-24(19-31(3)29-20)18-30(2)26(15-23-8-4-5-9-25(23)27)22-10-13-32(14-11-22)17-21-7-6-12-28-16-21/h4-9,12,16,19,22,26H,10-11,13-15,17-18H2,1-3H3/t26-/m1/s1. The predicted molar refractivity (Wildman–Crippen MR) is 126 cm³/mol. The SMILES string of the molecule is Cc1nn(C)cc1CN(C)[C@H](Cc1ccccc1F)C1CCN(Cc2cccnc2)CC1. The largest absolute Gasteiger partial charge is 0.299 e. The molecule has 2 aromatic heterocycles. The molecule has 1 aliphatic heterocycles. The highest BCUT2D eigenvalue weighted by atomic mass is 19.1. The van der Waals surface area contributed by atoms with E-state index in [0.717, 1.165) is 56.7 Å². The molecular formula is C26H34FN5. The summed E-state index contributed by atoms with van der Waals surface area (Å²) < 4.78 is 16.4. The van der Waals surface area contributed by atoms with Crippen LogP contribution in [0.2, 0.25) is 0 Å². The first-order valence-corrected chi connectivity index (χ1v) is 11.5. The smallest absolute Gasteiger partial charge is 0.126 e. The van der Waals surface area contributed by atoms with Crippen LogP contribution >= 0.6 is 0 Å². The van der Waals surface area contributed by atoms with Gasteiger partial charge in [-0.25, -0.2) is 4.39 Å². The quantitative estimate of drug-likeness (QED) is 0.531. The van der Waals surface area contributed by atoms with E-state index in [1.807, 2.05) is 42.3 Å². The van der Waals surface area contributed by atoms with E-state index in [9.17, 15) is 4.39 Å². The molecule has 1 atom stereocenters. The summed E-state index contributed by atoms with van der Waals surface area (Å²) >= 11 is 0. The zero-order valence-corrected chi connectivity index (χ0v) is 19.4. The van der Waals surface area contributed by atoms with Crippen molar-refractivity contribution in [2.45, 2.75) is 45.3 Å². The number of aromatic nitrogens is 3. The van der Waals surface area contributed by atoms with Gasteiger partial charge in [0.1, 0.15) is 5.82 Å². The number of hydrogen-bond acceptors (Lipinski definition) is 4. The molecule has 0 bridgehead atoms. The number of likely N-dealkylation sites (tertiary alicyclic amines) is 1. The normalized spacial score (nSPS) is 16.5. The summed E-state index contributed by atoms with van der Waals surface area (Å²) in [5, 5.41) is 4.50. The van der Waals surface area contributed by atoms with Crippen LogP contribution in [0.5, 0.6) is 0 Å². The van der Waals surface area contributed by atoms with Crippen LogP contribution in [0.15, 0.2) is 55.0 Å². The Labute approximate surface area is 190 Å². The molecule has 170 valence electrons. The highest BCUT2D eigenvalue weighted by molar-refractivity contribution is 5.20. The molecule has 3 heterocycles. The van der Waals surface area contributed by atoms with Crippen molar-refractivity contribution in [2.24, 2.45) is 13.0 Å². The van der Waals surface area contributed by atoms with Crippen molar-refractivity contribution < 1.29 is 4.39 Å². The van der Waals surface area contributed by atoms with E-state index in [4.69, 9.17) is 0 Å². The molecule has 0 unspecified atom stereocenters. The Bertz CT molecular complexity index is 994. The predicted octanol–water partition coefficient (Wildman–Crippen LogP) is 4.22. The average Bonchev–Trinajstić information content (AvgIpc) is 3.11. The Kier molecular flexibility index (Phi) is 7.33. The minimum atomic E-state index is -0.0996. The molecule has 5 nitrogen and oxygen atoms in total. The summed E-state index contributed by atoms with van der Waals surface area (Å²) in [5.74, 6) is 0.430. The topological polar surface area (TPSA) is 37.2 Å². The number of pyridine rings is 1. The number of likely N-dealkylation sites (N-methyl/N-ethyl adjacent to an activating group) is 1. The maximum absolute atomic E-state index is 14.5. The first kappa shape index (κ1) is 22.6. The van der Waals surface area contributed by atoms with Crippen molar-refractivity contribution in [1.82, 2.24) is 24.6 Å². The van der Waals surface area contributed by atoms with Gasteiger partial charge in [0.25, 0.3) is 0 Å². The second-order valence-corrected chi connectivity index (χ2v) is 9.17. The van der Waals surface area contributed by atoms with Gasteiger partial charge < -0.3 is 0 Å². The fraction of sp³-hybridized carbons (Fsp3) is 0.462. The maximum Gasteiger partial charge on any atom is 0.126 e. The summed E-state index contributed by atoms with van der Waals surface area (Å²) in [5.41, 5.74) is 4.38. The lowest BCUT2D eigenvalue weighted by atomic mass is 9.84. The number of aryl methyl sites for hydroxylation is 2. The number of benzene rings is 1. The monoisotopic (exact) mass is 435 g/mol. The van der Waals surface area contributed by atoms with Crippen LogP contribution in [0.3, 0.4) is 0 Å². The third-order valence-corrected chi connectivity index (χ3v) is 6.79. The van der Waals surface area contributed by atoms with Gasteiger partial charge in [0.2, 0.25) is 0 Å². The first-order valence-electron chi connectivity index (χ1n) is 11.5. The molecule has 3 aromatic rings. The van der Waals surface area contributed by atoms with Gasteiger partial charge in [0, 0.05) is 50.3 Å². The molecule has 0 amide bonds. The lowest BCUT2D eigenvalue weighted by Gasteiger charge is -2.40. The second-order valence-electron chi connectivity index (χ2n) is 9.17. The minimum absolute atomic E-state index is 0.0996. The molecule has 0 saturated carbocycles. The van der Waals surface area contributed by atoms with Crippen molar-refractivity contribution in [3.05, 3.63) is 83.2 Å². The van der Waals surface area contributed by atoms with E-state index in [1.165, 1.54) is 11.1 Å². The summed E-state index contributed by atoms with van der Waals surface area (Å²) in [4.78, 5) is 9.17. The van der Waals surface area contributed by atoms with Gasteiger partial charge in [-0.1, -0.05) is 24.3 Å². The van der Waals surface area contributed by atoms with E-state index >= 15 is 0 Å². The molecule has 1 fully saturated rings. The second kappa shape index (κ2) is 10.4. The summed E-state index contributed by atoms with van der Waals surface area (Å²) in [6.07, 6.45) is 8.85. The minimum Gasteiger partial charge on any atom is -0.299 e. The number of piperidine rings is 1. The van der Waals surface area contributed by atoms with Gasteiger partial charge in [-0.05, 0) is 75.5 Å². The molecule has 0 spiro atoms. The molecule has 4 rings (SSSR count). The summed E-state index contributed by atoms with van der Waals surface area (Å²) in [6.45, 7) is 5.96. The zero-order chi connectivity index (χ0) is 22.5. The number of halogens is 1. The molecular weight excluding hydrogens is 401 g/mol. The van der Waals surface area contributed by atoms with Gasteiger partial charge >= 0.3 is 0 Å². The fourth-order valence-electron chi connectivity index (χ4n) is 5.01. The number of rotatable bonds is 8. The van der Waals surface area contributed by atoms with E-state index < -0.39 is 0 Å². The third kappa shape index (κ3) is 5.61. The van der Waals surface area contributed by atoms with Crippen LogP contribution in [-0.2, 0) is 26.6 Å². The van der Waals surface area contributed by atoms with E-state index in [1.54, 1.807) is 12.1 Å². The van der Waals surface area contributed by atoms with E-state index in [-0.39, 0.29) is 11.9 Å². The van der Waals surface area contributed by atoms with Gasteiger partial charge in [-0.3, -0.25) is 19.5 Å². The number of nitrogens with zero attached hydrogens (tertiary/aromatic N) is 5. The Morgan fingerprint density at radius 2 is 1.91 bits per heavy atom. The van der Waals surface area contributed by atoms with Crippen molar-refractivity contribution >= 4 is 0 Å². The van der Waals surface area contributed by atoms with Gasteiger partial charge in [-0.15, -0.1) is 0 Å². The Balaban J connectivity index is 1.46. The molecule has 0 N–H and O–H groups in total. The molecule has 0 aliphatic carbocycles. The molecule has 0 radical (unpaired) electrons. The number of hydrogen-bond donors (Lipinski definition) is 0. The van der Waals surface area contributed by atoms with Crippen LogP contribution in [0, 0.1) is 18.7 Å². The van der Waals surface area contributed by atoms with E-state index in [0.29, 0.717) is 5.92 Å². The fourth-order valence-corrected chi connectivity index (χ4v) is 5.01. The highest BCUT2D eigenvalue weighted by Gasteiger charge is 2.30. The molecule has 32 heavy (non-hydrogen) atoms. The van der Waals surface area contributed by atoms with Crippen LogP contribution < -0.4 is 0 Å². The maximum atomic E-state index is 14.5. The third-order valence-electron chi connectivity index (χ3n) is 6.79. The van der Waals surface area contributed by atoms with Crippen LogP contribution in [0.4, 0.5) is 4.39 Å². The van der Waals surface area contributed by atoms with Gasteiger partial charge in [0.15, 0.2) is 0 Å². The summed E-state index contributed by atoms with van der Waals surface area (Å²) in [6, 6.07) is 11.7. The van der Waals surface area contributed by atoms with Crippen LogP contribution in [0.1, 0.15) is 35.2 Å². The molecule has 1 saturated heterocycles.